The molecule has 1 aliphatic carbocycles. The highest BCUT2D eigenvalue weighted by Gasteiger charge is 2.39. The predicted molar refractivity (Wildman–Crippen MR) is 105 cm³/mol. The summed E-state index contributed by atoms with van der Waals surface area (Å²) in [6.07, 6.45) is 3.47. The number of carbonyl (C=O) groups is 1. The highest BCUT2D eigenvalue weighted by molar-refractivity contribution is 5.84. The molecule has 2 fully saturated rings. The van der Waals surface area contributed by atoms with Crippen LogP contribution in [-0.2, 0) is 4.79 Å². The molecule has 136 valence electrons. The molecule has 1 saturated heterocycles. The Balaban J connectivity index is 1.60. The number of hydrogen-bond donors (Lipinski definition) is 0. The summed E-state index contributed by atoms with van der Waals surface area (Å²) in [5.41, 5.74) is 2.39. The Morgan fingerprint density at radius 1 is 1.00 bits per heavy atom. The fraction of sp³-hybridized carbons (Fsp3) is 0.435. The number of nitrogens with zero attached hydrogens (tertiary/aromatic N) is 2. The molecule has 0 spiro atoms. The molecule has 0 radical (unpaired) electrons. The van der Waals surface area contributed by atoms with Crippen LogP contribution >= 0.6 is 0 Å². The quantitative estimate of drug-likeness (QED) is 0.807. The highest BCUT2D eigenvalue weighted by atomic mass is 16.2. The Hall–Kier alpha value is -2.13. The van der Waals surface area contributed by atoms with Crippen LogP contribution in [0.15, 0.2) is 60.7 Å². The van der Waals surface area contributed by atoms with E-state index >= 15 is 0 Å². The third-order valence-electron chi connectivity index (χ3n) is 5.85. The van der Waals surface area contributed by atoms with Crippen molar-refractivity contribution >= 4 is 5.91 Å². The number of rotatable bonds is 5. The van der Waals surface area contributed by atoms with E-state index in [4.69, 9.17) is 0 Å². The van der Waals surface area contributed by atoms with Gasteiger partial charge in [-0.05, 0) is 30.4 Å². The van der Waals surface area contributed by atoms with Gasteiger partial charge in [-0.15, -0.1) is 0 Å². The topological polar surface area (TPSA) is 23.6 Å². The zero-order chi connectivity index (χ0) is 17.9. The maximum absolute atomic E-state index is 13.5. The van der Waals surface area contributed by atoms with E-state index in [1.165, 1.54) is 18.4 Å². The average molecular weight is 348 g/mol. The summed E-state index contributed by atoms with van der Waals surface area (Å²) >= 11 is 0. The molecule has 2 aromatic rings. The lowest BCUT2D eigenvalue weighted by Crippen LogP contribution is -2.52. The van der Waals surface area contributed by atoms with E-state index in [1.807, 2.05) is 18.2 Å². The van der Waals surface area contributed by atoms with Crippen LogP contribution in [0.2, 0.25) is 0 Å². The molecule has 1 heterocycles. The maximum atomic E-state index is 13.5. The lowest BCUT2D eigenvalue weighted by molar-refractivity contribution is -0.138. The Bertz CT molecular complexity index is 726. The first-order valence-corrected chi connectivity index (χ1v) is 9.92. The first kappa shape index (κ1) is 17.3. The van der Waals surface area contributed by atoms with Crippen molar-refractivity contribution in [2.75, 3.05) is 19.6 Å². The minimum Gasteiger partial charge on any atom is -0.333 e. The molecule has 0 aromatic heterocycles. The molecule has 2 aromatic carbocycles. The van der Waals surface area contributed by atoms with E-state index < -0.39 is 0 Å². The van der Waals surface area contributed by atoms with E-state index in [0.29, 0.717) is 0 Å². The van der Waals surface area contributed by atoms with Gasteiger partial charge in [-0.25, -0.2) is 0 Å². The molecule has 26 heavy (non-hydrogen) atoms. The van der Waals surface area contributed by atoms with Crippen molar-refractivity contribution in [1.29, 1.82) is 0 Å². The largest absolute Gasteiger partial charge is 0.333 e. The second kappa shape index (κ2) is 7.63. The number of piperazine rings is 1. The molecular weight excluding hydrogens is 320 g/mol. The number of hydrogen-bond acceptors (Lipinski definition) is 2. The Kier molecular flexibility index (Phi) is 5.07. The van der Waals surface area contributed by atoms with Gasteiger partial charge >= 0.3 is 0 Å². The first-order valence-electron chi connectivity index (χ1n) is 9.92. The summed E-state index contributed by atoms with van der Waals surface area (Å²) in [7, 11) is 0. The average Bonchev–Trinajstić information content (AvgIpc) is 3.55. The standard InChI is InChI=1S/C23H28N2O/c1-2-21(18-9-5-3-6-10-18)23(26)25-16-15-24(20-13-14-20)17-22(25)19-11-7-4-8-12-19/h3-12,20-22H,2,13-17H2,1H3. The minimum absolute atomic E-state index is 0.0464. The van der Waals surface area contributed by atoms with Crippen molar-refractivity contribution < 1.29 is 4.79 Å². The van der Waals surface area contributed by atoms with Crippen LogP contribution in [0, 0.1) is 0 Å². The second-order valence-corrected chi connectivity index (χ2v) is 7.56. The molecule has 0 N–H and O–H groups in total. The third-order valence-corrected chi connectivity index (χ3v) is 5.85. The van der Waals surface area contributed by atoms with Crippen molar-refractivity contribution in [2.45, 2.75) is 44.2 Å². The van der Waals surface area contributed by atoms with Gasteiger partial charge in [0.15, 0.2) is 0 Å². The van der Waals surface area contributed by atoms with Gasteiger partial charge in [-0.3, -0.25) is 9.69 Å². The first-order chi connectivity index (χ1) is 12.8. The zero-order valence-corrected chi connectivity index (χ0v) is 15.6. The van der Waals surface area contributed by atoms with Crippen molar-refractivity contribution in [1.82, 2.24) is 9.80 Å². The fourth-order valence-electron chi connectivity index (χ4n) is 4.24. The van der Waals surface area contributed by atoms with Crippen LogP contribution in [0.5, 0.6) is 0 Å². The molecule has 0 bridgehead atoms. The molecule has 1 aliphatic heterocycles. The number of amides is 1. The molecule has 2 atom stereocenters. The second-order valence-electron chi connectivity index (χ2n) is 7.56. The molecule has 1 amide bonds. The summed E-state index contributed by atoms with van der Waals surface area (Å²) in [4.78, 5) is 18.2. The summed E-state index contributed by atoms with van der Waals surface area (Å²) < 4.78 is 0. The summed E-state index contributed by atoms with van der Waals surface area (Å²) in [6, 6.07) is 21.7. The lowest BCUT2D eigenvalue weighted by Gasteiger charge is -2.43. The van der Waals surface area contributed by atoms with Crippen LogP contribution in [0.4, 0.5) is 0 Å². The molecule has 3 heteroatoms. The van der Waals surface area contributed by atoms with Crippen LogP contribution in [0.1, 0.15) is 49.3 Å². The summed E-state index contributed by atoms with van der Waals surface area (Å²) in [6.45, 7) is 4.92. The van der Waals surface area contributed by atoms with Gasteiger partial charge in [0.25, 0.3) is 0 Å². The highest BCUT2D eigenvalue weighted by Crippen LogP contribution is 2.35. The van der Waals surface area contributed by atoms with Crippen LogP contribution < -0.4 is 0 Å². The van der Waals surface area contributed by atoms with E-state index in [-0.39, 0.29) is 17.9 Å². The van der Waals surface area contributed by atoms with Crippen molar-refractivity contribution in [2.24, 2.45) is 0 Å². The van der Waals surface area contributed by atoms with Crippen molar-refractivity contribution in [3.05, 3.63) is 71.8 Å². The third kappa shape index (κ3) is 3.54. The van der Waals surface area contributed by atoms with Crippen molar-refractivity contribution in [3.63, 3.8) is 0 Å². The van der Waals surface area contributed by atoms with Gasteiger partial charge in [0.05, 0.1) is 12.0 Å². The van der Waals surface area contributed by atoms with E-state index in [1.54, 1.807) is 0 Å². The normalized spacial score (nSPS) is 22.2. The van der Waals surface area contributed by atoms with E-state index in [2.05, 4.69) is 59.2 Å². The van der Waals surface area contributed by atoms with Crippen LogP contribution in [0.25, 0.3) is 0 Å². The van der Waals surface area contributed by atoms with Crippen LogP contribution in [-0.4, -0.2) is 41.4 Å². The summed E-state index contributed by atoms with van der Waals surface area (Å²) in [5, 5.41) is 0. The van der Waals surface area contributed by atoms with Gasteiger partial charge in [0.1, 0.15) is 0 Å². The lowest BCUT2D eigenvalue weighted by atomic mass is 9.92. The molecule has 4 rings (SSSR count). The van der Waals surface area contributed by atoms with Gasteiger partial charge in [-0.1, -0.05) is 67.6 Å². The van der Waals surface area contributed by atoms with E-state index in [9.17, 15) is 4.79 Å². The number of benzene rings is 2. The monoisotopic (exact) mass is 348 g/mol. The molecule has 2 unspecified atom stereocenters. The Morgan fingerprint density at radius 3 is 2.27 bits per heavy atom. The molecule has 1 saturated carbocycles. The Morgan fingerprint density at radius 2 is 1.65 bits per heavy atom. The smallest absolute Gasteiger partial charge is 0.230 e. The van der Waals surface area contributed by atoms with E-state index in [0.717, 1.165) is 37.7 Å². The Labute approximate surface area is 156 Å². The van der Waals surface area contributed by atoms with Gasteiger partial charge in [0.2, 0.25) is 5.91 Å². The SMILES string of the molecule is CCC(C(=O)N1CCN(C2CC2)CC1c1ccccc1)c1ccccc1. The molecule has 2 aliphatic rings. The minimum atomic E-state index is -0.0464. The van der Waals surface area contributed by atoms with Crippen molar-refractivity contribution in [3.8, 4) is 0 Å². The molecule has 3 nitrogen and oxygen atoms in total. The van der Waals surface area contributed by atoms with Crippen LogP contribution in [0.3, 0.4) is 0 Å². The van der Waals surface area contributed by atoms with Gasteiger partial charge in [-0.2, -0.15) is 0 Å². The zero-order valence-electron chi connectivity index (χ0n) is 15.6. The maximum Gasteiger partial charge on any atom is 0.230 e. The molecular formula is C23H28N2O. The predicted octanol–water partition coefficient (Wildman–Crippen LogP) is 4.23. The van der Waals surface area contributed by atoms with Gasteiger partial charge in [0, 0.05) is 25.7 Å². The fourth-order valence-corrected chi connectivity index (χ4v) is 4.24. The number of carbonyl (C=O) groups excluding carboxylic acids is 1. The summed E-state index contributed by atoms with van der Waals surface area (Å²) in [5.74, 6) is 0.234. The van der Waals surface area contributed by atoms with Gasteiger partial charge < -0.3 is 4.90 Å².